The summed E-state index contributed by atoms with van der Waals surface area (Å²) in [4.78, 5) is 35.3. The molecule has 1 heterocycles. The Labute approximate surface area is 143 Å². The number of carbonyl (C=O) groups excluding carboxylic acids is 3. The minimum Gasteiger partial charge on any atom is -0.459 e. The molecule has 0 aliphatic heterocycles. The molecule has 0 aliphatic rings. The van der Waals surface area contributed by atoms with Gasteiger partial charge in [-0.2, -0.15) is 5.26 Å². The highest BCUT2D eigenvalue weighted by Gasteiger charge is 2.19. The SMILES string of the molecule is C[C@@H](OC(=O)CNC(=O)c1ccco1)C(=O)Nc1cccc(C#N)c1. The first-order chi connectivity index (χ1) is 12.0. The van der Waals surface area contributed by atoms with Crippen LogP contribution in [0.4, 0.5) is 5.69 Å². The van der Waals surface area contributed by atoms with Gasteiger partial charge in [0.25, 0.3) is 11.8 Å². The zero-order valence-corrected chi connectivity index (χ0v) is 13.3. The molecule has 25 heavy (non-hydrogen) atoms. The summed E-state index contributed by atoms with van der Waals surface area (Å²) >= 11 is 0. The quantitative estimate of drug-likeness (QED) is 0.767. The molecule has 8 heteroatoms. The third-order valence-electron chi connectivity index (χ3n) is 3.07. The average molecular weight is 341 g/mol. The summed E-state index contributed by atoms with van der Waals surface area (Å²) in [6.07, 6.45) is 0.264. The number of ether oxygens (including phenoxy) is 1. The molecule has 0 saturated carbocycles. The molecule has 1 atom stereocenters. The summed E-state index contributed by atoms with van der Waals surface area (Å²) in [5.41, 5.74) is 0.807. The van der Waals surface area contributed by atoms with Crippen molar-refractivity contribution < 1.29 is 23.5 Å². The van der Waals surface area contributed by atoms with E-state index in [0.29, 0.717) is 11.3 Å². The highest BCUT2D eigenvalue weighted by molar-refractivity contribution is 5.96. The largest absolute Gasteiger partial charge is 0.459 e. The third kappa shape index (κ3) is 5.21. The predicted octanol–water partition coefficient (Wildman–Crippen LogP) is 1.45. The molecule has 128 valence electrons. The molecule has 0 saturated heterocycles. The summed E-state index contributed by atoms with van der Waals surface area (Å²) in [7, 11) is 0. The first kappa shape index (κ1) is 17.7. The van der Waals surface area contributed by atoms with Gasteiger partial charge in [-0.05, 0) is 37.3 Å². The van der Waals surface area contributed by atoms with Crippen molar-refractivity contribution in [1.29, 1.82) is 5.26 Å². The lowest BCUT2D eigenvalue weighted by atomic mass is 10.2. The third-order valence-corrected chi connectivity index (χ3v) is 3.07. The molecular weight excluding hydrogens is 326 g/mol. The highest BCUT2D eigenvalue weighted by Crippen LogP contribution is 2.10. The normalized spacial score (nSPS) is 11.0. The maximum atomic E-state index is 12.0. The number of furan rings is 1. The topological polar surface area (TPSA) is 121 Å². The van der Waals surface area contributed by atoms with Gasteiger partial charge in [-0.25, -0.2) is 0 Å². The van der Waals surface area contributed by atoms with E-state index in [0.717, 1.165) is 0 Å². The number of esters is 1. The van der Waals surface area contributed by atoms with Crippen molar-refractivity contribution in [2.24, 2.45) is 0 Å². The van der Waals surface area contributed by atoms with E-state index in [9.17, 15) is 14.4 Å². The number of hydrogen-bond donors (Lipinski definition) is 2. The highest BCUT2D eigenvalue weighted by atomic mass is 16.5. The van der Waals surface area contributed by atoms with Crippen LogP contribution in [0.15, 0.2) is 47.1 Å². The number of benzene rings is 1. The fourth-order valence-electron chi connectivity index (χ4n) is 1.85. The van der Waals surface area contributed by atoms with Crippen molar-refractivity contribution in [2.45, 2.75) is 13.0 Å². The monoisotopic (exact) mass is 341 g/mol. The minimum absolute atomic E-state index is 0.0657. The fraction of sp³-hybridized carbons (Fsp3) is 0.176. The zero-order valence-electron chi connectivity index (χ0n) is 13.3. The minimum atomic E-state index is -1.07. The van der Waals surface area contributed by atoms with Crippen molar-refractivity contribution >= 4 is 23.5 Å². The Morgan fingerprint density at radius 3 is 2.76 bits per heavy atom. The first-order valence-corrected chi connectivity index (χ1v) is 7.32. The lowest BCUT2D eigenvalue weighted by molar-refractivity contribution is -0.152. The van der Waals surface area contributed by atoms with Gasteiger partial charge in [0, 0.05) is 5.69 Å². The molecule has 0 spiro atoms. The van der Waals surface area contributed by atoms with Crippen LogP contribution in [0.3, 0.4) is 0 Å². The summed E-state index contributed by atoms with van der Waals surface area (Å²) in [6.45, 7) is 0.997. The van der Waals surface area contributed by atoms with E-state index in [-0.39, 0.29) is 5.76 Å². The molecule has 0 unspecified atom stereocenters. The van der Waals surface area contributed by atoms with Gasteiger partial charge >= 0.3 is 5.97 Å². The van der Waals surface area contributed by atoms with Crippen molar-refractivity contribution in [3.8, 4) is 6.07 Å². The molecule has 2 N–H and O–H groups in total. The summed E-state index contributed by atoms with van der Waals surface area (Å²) in [5.74, 6) is -1.82. The summed E-state index contributed by atoms with van der Waals surface area (Å²) in [5, 5.41) is 13.7. The van der Waals surface area contributed by atoms with Crippen LogP contribution in [0.2, 0.25) is 0 Å². The van der Waals surface area contributed by atoms with Crippen LogP contribution in [0.25, 0.3) is 0 Å². The Kier molecular flexibility index (Phi) is 5.90. The molecule has 8 nitrogen and oxygen atoms in total. The molecule has 1 aromatic heterocycles. The van der Waals surface area contributed by atoms with E-state index in [1.807, 2.05) is 6.07 Å². The van der Waals surface area contributed by atoms with Crippen molar-refractivity contribution in [3.05, 3.63) is 54.0 Å². The Hall–Kier alpha value is -3.60. The van der Waals surface area contributed by atoms with Gasteiger partial charge in [-0.1, -0.05) is 6.07 Å². The van der Waals surface area contributed by atoms with Gasteiger partial charge in [0.2, 0.25) is 0 Å². The molecule has 0 aliphatic carbocycles. The lowest BCUT2D eigenvalue weighted by Crippen LogP contribution is -2.35. The first-order valence-electron chi connectivity index (χ1n) is 7.32. The van der Waals surface area contributed by atoms with Crippen LogP contribution in [0.5, 0.6) is 0 Å². The standard InChI is InChI=1S/C17H15N3O5/c1-11(16(22)20-13-5-2-4-12(8-13)9-18)25-15(21)10-19-17(23)14-6-3-7-24-14/h2-8,11H,10H2,1H3,(H,19,23)(H,20,22)/t11-/m1/s1. The van der Waals surface area contributed by atoms with Crippen molar-refractivity contribution in [3.63, 3.8) is 0 Å². The van der Waals surface area contributed by atoms with Crippen molar-refractivity contribution in [1.82, 2.24) is 5.32 Å². The molecule has 0 bridgehead atoms. The number of nitrogens with one attached hydrogen (secondary N) is 2. The van der Waals surface area contributed by atoms with Crippen LogP contribution >= 0.6 is 0 Å². The second kappa shape index (κ2) is 8.31. The number of anilines is 1. The maximum Gasteiger partial charge on any atom is 0.326 e. The van der Waals surface area contributed by atoms with Crippen LogP contribution in [0, 0.1) is 11.3 Å². The Balaban J connectivity index is 1.80. The average Bonchev–Trinajstić information content (AvgIpc) is 3.14. The van der Waals surface area contributed by atoms with Gasteiger partial charge in [0.15, 0.2) is 11.9 Å². The second-order valence-corrected chi connectivity index (χ2v) is 4.97. The second-order valence-electron chi connectivity index (χ2n) is 4.97. The summed E-state index contributed by atoms with van der Waals surface area (Å²) in [6, 6.07) is 11.3. The lowest BCUT2D eigenvalue weighted by Gasteiger charge is -2.13. The van der Waals surface area contributed by atoms with E-state index in [1.165, 1.54) is 25.3 Å². The zero-order chi connectivity index (χ0) is 18.2. The van der Waals surface area contributed by atoms with E-state index in [1.54, 1.807) is 24.3 Å². The van der Waals surface area contributed by atoms with Crippen LogP contribution in [-0.4, -0.2) is 30.4 Å². The van der Waals surface area contributed by atoms with Gasteiger partial charge < -0.3 is 19.8 Å². The van der Waals surface area contributed by atoms with Crippen molar-refractivity contribution in [2.75, 3.05) is 11.9 Å². The van der Waals surface area contributed by atoms with Gasteiger partial charge in [-0.3, -0.25) is 14.4 Å². The number of nitriles is 1. The number of amides is 2. The van der Waals surface area contributed by atoms with E-state index in [2.05, 4.69) is 10.6 Å². The van der Waals surface area contributed by atoms with Gasteiger partial charge in [-0.15, -0.1) is 0 Å². The number of rotatable bonds is 6. The van der Waals surface area contributed by atoms with E-state index < -0.39 is 30.4 Å². The summed E-state index contributed by atoms with van der Waals surface area (Å²) < 4.78 is 9.83. The molecule has 2 aromatic rings. The maximum absolute atomic E-state index is 12.0. The van der Waals surface area contributed by atoms with E-state index >= 15 is 0 Å². The van der Waals surface area contributed by atoms with Crippen LogP contribution < -0.4 is 10.6 Å². The van der Waals surface area contributed by atoms with Crippen LogP contribution in [-0.2, 0) is 14.3 Å². The molecule has 0 radical (unpaired) electrons. The van der Waals surface area contributed by atoms with E-state index in [4.69, 9.17) is 14.4 Å². The van der Waals surface area contributed by atoms with Crippen LogP contribution in [0.1, 0.15) is 23.0 Å². The molecular formula is C17H15N3O5. The molecule has 1 aromatic carbocycles. The Morgan fingerprint density at radius 2 is 2.08 bits per heavy atom. The Morgan fingerprint density at radius 1 is 1.28 bits per heavy atom. The molecule has 2 amide bonds. The van der Waals surface area contributed by atoms with Gasteiger partial charge in [0.05, 0.1) is 17.9 Å². The molecule has 2 rings (SSSR count). The fourth-order valence-corrected chi connectivity index (χ4v) is 1.85. The van der Waals surface area contributed by atoms with Gasteiger partial charge in [0.1, 0.15) is 6.54 Å². The Bertz CT molecular complexity index is 808. The smallest absolute Gasteiger partial charge is 0.326 e. The number of carbonyl (C=O) groups is 3. The number of nitrogens with zero attached hydrogens (tertiary/aromatic N) is 1. The number of hydrogen-bond acceptors (Lipinski definition) is 6. The molecule has 0 fully saturated rings. The predicted molar refractivity (Wildman–Crippen MR) is 86.4 cm³/mol.